The standard InChI is InChI=1S/C17H17F2N5OS/c1-9-6-10(2)24-16(20-9)22-23-17(24)26-8-15(25)21-11(3)13-5-4-12(18)7-14(13)19/h4-7,11H,8H2,1-3H3,(H,21,25). The zero-order chi connectivity index (χ0) is 18.8. The maximum Gasteiger partial charge on any atom is 0.256 e. The summed E-state index contributed by atoms with van der Waals surface area (Å²) >= 11 is 1.21. The van der Waals surface area contributed by atoms with Gasteiger partial charge < -0.3 is 5.32 Å². The Bertz CT molecular complexity index is 975. The van der Waals surface area contributed by atoms with Crippen LogP contribution in [-0.2, 0) is 4.79 Å². The highest BCUT2D eigenvalue weighted by Crippen LogP contribution is 2.20. The first kappa shape index (κ1) is 18.2. The zero-order valence-electron chi connectivity index (χ0n) is 14.5. The Hall–Kier alpha value is -2.55. The maximum atomic E-state index is 13.8. The van der Waals surface area contributed by atoms with Gasteiger partial charge in [0.2, 0.25) is 5.91 Å². The summed E-state index contributed by atoms with van der Waals surface area (Å²) in [5.74, 6) is -1.07. The van der Waals surface area contributed by atoms with E-state index in [2.05, 4.69) is 20.5 Å². The fourth-order valence-electron chi connectivity index (χ4n) is 2.64. The van der Waals surface area contributed by atoms with Gasteiger partial charge in [-0.2, -0.15) is 0 Å². The SMILES string of the molecule is Cc1cc(C)n2c(SCC(=O)NC(C)c3ccc(F)cc3F)nnc2n1. The lowest BCUT2D eigenvalue weighted by molar-refractivity contribution is -0.119. The topological polar surface area (TPSA) is 72.2 Å². The first-order chi connectivity index (χ1) is 12.3. The average Bonchev–Trinajstić information content (AvgIpc) is 2.95. The molecule has 26 heavy (non-hydrogen) atoms. The molecule has 0 fully saturated rings. The van der Waals surface area contributed by atoms with Crippen LogP contribution in [0, 0.1) is 25.5 Å². The van der Waals surface area contributed by atoms with Gasteiger partial charge in [-0.05, 0) is 32.9 Å². The Morgan fingerprint density at radius 3 is 2.77 bits per heavy atom. The summed E-state index contributed by atoms with van der Waals surface area (Å²) in [5, 5.41) is 11.3. The van der Waals surface area contributed by atoms with Crippen molar-refractivity contribution in [3.8, 4) is 0 Å². The Labute approximate surface area is 153 Å². The smallest absolute Gasteiger partial charge is 0.256 e. The number of amides is 1. The van der Waals surface area contributed by atoms with Crippen molar-refractivity contribution in [1.29, 1.82) is 0 Å². The molecule has 0 saturated carbocycles. The first-order valence-corrected chi connectivity index (χ1v) is 8.90. The lowest BCUT2D eigenvalue weighted by Gasteiger charge is -2.15. The second kappa shape index (κ2) is 7.36. The molecule has 3 aromatic rings. The van der Waals surface area contributed by atoms with E-state index >= 15 is 0 Å². The lowest BCUT2D eigenvalue weighted by Crippen LogP contribution is -2.28. The van der Waals surface area contributed by atoms with E-state index in [0.29, 0.717) is 10.9 Å². The van der Waals surface area contributed by atoms with Crippen LogP contribution in [0.3, 0.4) is 0 Å². The molecule has 1 amide bonds. The Kier molecular flexibility index (Phi) is 5.17. The number of aryl methyl sites for hydroxylation is 2. The van der Waals surface area contributed by atoms with Gasteiger partial charge in [0.1, 0.15) is 11.6 Å². The highest BCUT2D eigenvalue weighted by Gasteiger charge is 2.16. The number of halogens is 2. The van der Waals surface area contributed by atoms with Gasteiger partial charge in [-0.1, -0.05) is 17.8 Å². The predicted molar refractivity (Wildman–Crippen MR) is 93.9 cm³/mol. The maximum absolute atomic E-state index is 13.8. The number of hydrogen-bond acceptors (Lipinski definition) is 5. The number of thioether (sulfide) groups is 1. The van der Waals surface area contributed by atoms with Gasteiger partial charge >= 0.3 is 0 Å². The van der Waals surface area contributed by atoms with Gasteiger partial charge in [0.25, 0.3) is 5.78 Å². The van der Waals surface area contributed by atoms with Crippen LogP contribution in [0.5, 0.6) is 0 Å². The van der Waals surface area contributed by atoms with Crippen LogP contribution in [0.2, 0.25) is 0 Å². The Morgan fingerprint density at radius 1 is 1.27 bits per heavy atom. The molecular weight excluding hydrogens is 360 g/mol. The predicted octanol–water partition coefficient (Wildman–Crippen LogP) is 2.99. The van der Waals surface area contributed by atoms with Crippen molar-refractivity contribution in [2.24, 2.45) is 0 Å². The van der Waals surface area contributed by atoms with Gasteiger partial charge in [0.05, 0.1) is 11.8 Å². The number of benzene rings is 1. The molecule has 0 spiro atoms. The summed E-state index contributed by atoms with van der Waals surface area (Å²) in [7, 11) is 0. The van der Waals surface area contributed by atoms with Gasteiger partial charge in [-0.25, -0.2) is 13.8 Å². The van der Waals surface area contributed by atoms with Crippen LogP contribution >= 0.6 is 11.8 Å². The molecule has 0 aliphatic carbocycles. The first-order valence-electron chi connectivity index (χ1n) is 7.91. The second-order valence-electron chi connectivity index (χ2n) is 5.90. The van der Waals surface area contributed by atoms with Crippen LogP contribution in [0.4, 0.5) is 8.78 Å². The molecule has 2 heterocycles. The minimum Gasteiger partial charge on any atom is -0.349 e. The highest BCUT2D eigenvalue weighted by atomic mass is 32.2. The fraction of sp³-hybridized carbons (Fsp3) is 0.294. The van der Waals surface area contributed by atoms with Gasteiger partial charge in [-0.15, -0.1) is 10.2 Å². The number of fused-ring (bicyclic) bond motifs is 1. The number of aromatic nitrogens is 4. The van der Waals surface area contributed by atoms with E-state index in [1.54, 1.807) is 11.3 Å². The third kappa shape index (κ3) is 3.82. The van der Waals surface area contributed by atoms with E-state index in [4.69, 9.17) is 0 Å². The summed E-state index contributed by atoms with van der Waals surface area (Å²) in [4.78, 5) is 16.5. The van der Waals surface area contributed by atoms with Crippen molar-refractivity contribution in [2.45, 2.75) is 32.0 Å². The van der Waals surface area contributed by atoms with Gasteiger partial charge in [0, 0.05) is 23.0 Å². The third-order valence-electron chi connectivity index (χ3n) is 3.80. The zero-order valence-corrected chi connectivity index (χ0v) is 15.3. The summed E-state index contributed by atoms with van der Waals surface area (Å²) in [5.41, 5.74) is 1.99. The van der Waals surface area contributed by atoms with E-state index in [1.165, 1.54) is 17.8 Å². The molecule has 9 heteroatoms. The molecule has 0 saturated heterocycles. The van der Waals surface area contributed by atoms with Crippen molar-refractivity contribution in [3.63, 3.8) is 0 Å². The monoisotopic (exact) mass is 377 g/mol. The molecule has 0 aliphatic rings. The minimum atomic E-state index is -0.689. The van der Waals surface area contributed by atoms with Gasteiger partial charge in [0.15, 0.2) is 5.16 Å². The number of carbonyl (C=O) groups is 1. The number of carbonyl (C=O) groups excluding carboxylic acids is 1. The van der Waals surface area contributed by atoms with E-state index < -0.39 is 17.7 Å². The van der Waals surface area contributed by atoms with E-state index in [9.17, 15) is 13.6 Å². The molecule has 136 valence electrons. The van der Waals surface area contributed by atoms with Crippen LogP contribution in [0.25, 0.3) is 5.78 Å². The molecule has 0 radical (unpaired) electrons. The van der Waals surface area contributed by atoms with Crippen molar-refractivity contribution in [2.75, 3.05) is 5.75 Å². The largest absolute Gasteiger partial charge is 0.349 e. The molecular formula is C17H17F2N5OS. The lowest BCUT2D eigenvalue weighted by atomic mass is 10.1. The minimum absolute atomic E-state index is 0.0846. The molecule has 1 unspecified atom stereocenters. The van der Waals surface area contributed by atoms with Crippen LogP contribution in [-0.4, -0.2) is 31.2 Å². The fourth-order valence-corrected chi connectivity index (χ4v) is 3.43. The summed E-state index contributed by atoms with van der Waals surface area (Å²) in [6.07, 6.45) is 0. The summed E-state index contributed by atoms with van der Waals surface area (Å²) < 4.78 is 28.5. The molecule has 1 N–H and O–H groups in total. The third-order valence-corrected chi connectivity index (χ3v) is 4.73. The summed E-state index contributed by atoms with van der Waals surface area (Å²) in [6.45, 7) is 5.43. The van der Waals surface area contributed by atoms with Crippen molar-refractivity contribution >= 4 is 23.4 Å². The molecule has 3 rings (SSSR count). The quantitative estimate of drug-likeness (QED) is 0.692. The van der Waals surface area contributed by atoms with Crippen molar-refractivity contribution in [1.82, 2.24) is 24.9 Å². The van der Waals surface area contributed by atoms with E-state index in [1.807, 2.05) is 19.9 Å². The molecule has 6 nitrogen and oxygen atoms in total. The number of rotatable bonds is 5. The molecule has 0 aliphatic heterocycles. The molecule has 1 atom stereocenters. The highest BCUT2D eigenvalue weighted by molar-refractivity contribution is 7.99. The van der Waals surface area contributed by atoms with E-state index in [0.717, 1.165) is 23.5 Å². The second-order valence-corrected chi connectivity index (χ2v) is 6.84. The summed E-state index contributed by atoms with van der Waals surface area (Å²) in [6, 6.07) is 4.61. The van der Waals surface area contributed by atoms with Crippen LogP contribution in [0.15, 0.2) is 29.4 Å². The average molecular weight is 377 g/mol. The number of hydrogen-bond donors (Lipinski definition) is 1. The molecule has 0 bridgehead atoms. The van der Waals surface area contributed by atoms with E-state index in [-0.39, 0.29) is 17.2 Å². The molecule has 2 aromatic heterocycles. The Balaban J connectivity index is 1.66. The van der Waals surface area contributed by atoms with Crippen LogP contribution < -0.4 is 5.32 Å². The van der Waals surface area contributed by atoms with Gasteiger partial charge in [-0.3, -0.25) is 9.20 Å². The van der Waals surface area contributed by atoms with Crippen molar-refractivity contribution < 1.29 is 13.6 Å². The normalized spacial score (nSPS) is 12.3. The van der Waals surface area contributed by atoms with Crippen LogP contribution in [0.1, 0.15) is 29.9 Å². The molecule has 1 aromatic carbocycles. The Morgan fingerprint density at radius 2 is 2.04 bits per heavy atom. The number of nitrogens with zero attached hydrogens (tertiary/aromatic N) is 4. The van der Waals surface area contributed by atoms with Crippen molar-refractivity contribution in [3.05, 3.63) is 52.9 Å². The number of nitrogens with one attached hydrogen (secondary N) is 1.